The molecule has 2 unspecified atom stereocenters. The van der Waals surface area contributed by atoms with Gasteiger partial charge in [0.05, 0.1) is 10.8 Å². The van der Waals surface area contributed by atoms with E-state index in [2.05, 4.69) is 0 Å². The standard InChI is InChI=1S/C14H20N2O2S/c1-10-9-12(5-6-13(10)15)19(18)11(2)14(17)16-7-3-4-8-16/h5-6,9,11H,3-4,7-8,15H2,1-2H3. The molecule has 2 rings (SSSR count). The zero-order chi connectivity index (χ0) is 14.0. The van der Waals surface area contributed by atoms with Gasteiger partial charge in [0.15, 0.2) is 0 Å². The van der Waals surface area contributed by atoms with Crippen LogP contribution in [0.1, 0.15) is 25.3 Å². The van der Waals surface area contributed by atoms with Crippen LogP contribution in [-0.2, 0) is 15.6 Å². The van der Waals surface area contributed by atoms with Crippen LogP contribution in [0, 0.1) is 6.92 Å². The molecule has 19 heavy (non-hydrogen) atoms. The van der Waals surface area contributed by atoms with Crippen LogP contribution in [-0.4, -0.2) is 33.4 Å². The molecule has 4 nitrogen and oxygen atoms in total. The van der Waals surface area contributed by atoms with E-state index in [1.807, 2.05) is 11.8 Å². The van der Waals surface area contributed by atoms with Gasteiger partial charge in [0.25, 0.3) is 0 Å². The molecule has 0 saturated carbocycles. The number of anilines is 1. The van der Waals surface area contributed by atoms with E-state index in [9.17, 15) is 9.00 Å². The maximum absolute atomic E-state index is 12.4. The molecule has 1 aromatic carbocycles. The third kappa shape index (κ3) is 2.97. The molecule has 0 aromatic heterocycles. The van der Waals surface area contributed by atoms with Crippen molar-refractivity contribution in [1.29, 1.82) is 0 Å². The van der Waals surface area contributed by atoms with Gasteiger partial charge in [0.1, 0.15) is 5.25 Å². The Bertz CT molecular complexity index is 510. The SMILES string of the molecule is Cc1cc(S(=O)C(C)C(=O)N2CCCC2)ccc1N. The number of nitrogen functional groups attached to an aromatic ring is 1. The monoisotopic (exact) mass is 280 g/mol. The van der Waals surface area contributed by atoms with E-state index in [-0.39, 0.29) is 5.91 Å². The van der Waals surface area contributed by atoms with Crippen molar-refractivity contribution in [2.24, 2.45) is 0 Å². The summed E-state index contributed by atoms with van der Waals surface area (Å²) in [7, 11) is -1.32. The smallest absolute Gasteiger partial charge is 0.238 e. The molecule has 2 atom stereocenters. The number of hydrogen-bond donors (Lipinski definition) is 1. The van der Waals surface area contributed by atoms with Gasteiger partial charge in [-0.25, -0.2) is 0 Å². The first kappa shape index (κ1) is 14.1. The van der Waals surface area contributed by atoms with Crippen molar-refractivity contribution in [3.63, 3.8) is 0 Å². The van der Waals surface area contributed by atoms with E-state index < -0.39 is 16.0 Å². The summed E-state index contributed by atoms with van der Waals surface area (Å²) in [5.41, 5.74) is 7.33. The summed E-state index contributed by atoms with van der Waals surface area (Å²) in [6, 6.07) is 5.29. The molecule has 0 bridgehead atoms. The molecule has 1 amide bonds. The molecule has 0 spiro atoms. The Labute approximate surface area is 116 Å². The average molecular weight is 280 g/mol. The second-order valence-corrected chi connectivity index (χ2v) is 6.76. The fourth-order valence-corrected chi connectivity index (χ4v) is 3.50. The van der Waals surface area contributed by atoms with Crippen LogP contribution in [0.15, 0.2) is 23.1 Å². The van der Waals surface area contributed by atoms with Gasteiger partial charge in [-0.05, 0) is 50.5 Å². The Morgan fingerprint density at radius 1 is 1.37 bits per heavy atom. The number of amides is 1. The Balaban J connectivity index is 2.13. The Morgan fingerprint density at radius 3 is 2.58 bits per heavy atom. The molecule has 1 aliphatic rings. The second kappa shape index (κ2) is 5.74. The maximum atomic E-state index is 12.4. The number of benzene rings is 1. The third-order valence-electron chi connectivity index (χ3n) is 3.56. The normalized spacial score (nSPS) is 18.3. The van der Waals surface area contributed by atoms with E-state index in [1.165, 1.54) is 0 Å². The first-order valence-corrected chi connectivity index (χ1v) is 7.77. The second-order valence-electron chi connectivity index (χ2n) is 4.99. The number of nitrogens with two attached hydrogens (primary N) is 1. The Kier molecular flexibility index (Phi) is 4.24. The number of rotatable bonds is 3. The quantitative estimate of drug-likeness (QED) is 0.857. The van der Waals surface area contributed by atoms with E-state index in [0.717, 1.165) is 31.5 Å². The highest BCUT2D eigenvalue weighted by Gasteiger charge is 2.28. The molecule has 1 fully saturated rings. The highest BCUT2D eigenvalue weighted by atomic mass is 32.2. The minimum Gasteiger partial charge on any atom is -0.399 e. The minimum absolute atomic E-state index is 0.00897. The zero-order valence-corrected chi connectivity index (χ0v) is 12.2. The Morgan fingerprint density at radius 2 is 2.00 bits per heavy atom. The number of hydrogen-bond acceptors (Lipinski definition) is 3. The average Bonchev–Trinajstić information content (AvgIpc) is 2.93. The molecule has 1 aliphatic heterocycles. The zero-order valence-electron chi connectivity index (χ0n) is 11.4. The van der Waals surface area contributed by atoms with Crippen molar-refractivity contribution >= 4 is 22.4 Å². The van der Waals surface area contributed by atoms with E-state index in [4.69, 9.17) is 5.73 Å². The topological polar surface area (TPSA) is 63.4 Å². The summed E-state index contributed by atoms with van der Waals surface area (Å²) in [6.45, 7) is 5.20. The predicted octanol–water partition coefficient (Wildman–Crippen LogP) is 1.70. The largest absolute Gasteiger partial charge is 0.399 e. The predicted molar refractivity (Wildman–Crippen MR) is 77.3 cm³/mol. The molecule has 0 radical (unpaired) electrons. The lowest BCUT2D eigenvalue weighted by atomic mass is 10.2. The van der Waals surface area contributed by atoms with Gasteiger partial charge >= 0.3 is 0 Å². The number of nitrogens with zero attached hydrogens (tertiary/aromatic N) is 1. The molecule has 2 N–H and O–H groups in total. The van der Waals surface area contributed by atoms with Crippen LogP contribution in [0.5, 0.6) is 0 Å². The molecule has 1 aromatic rings. The minimum atomic E-state index is -1.32. The van der Waals surface area contributed by atoms with Gasteiger partial charge in [0, 0.05) is 23.7 Å². The molecule has 104 valence electrons. The van der Waals surface area contributed by atoms with Gasteiger partial charge in [-0.2, -0.15) is 0 Å². The molecule has 0 aliphatic carbocycles. The lowest BCUT2D eigenvalue weighted by molar-refractivity contribution is -0.129. The molecule has 5 heteroatoms. The summed E-state index contributed by atoms with van der Waals surface area (Å²) >= 11 is 0. The van der Waals surface area contributed by atoms with E-state index in [1.54, 1.807) is 25.1 Å². The maximum Gasteiger partial charge on any atom is 0.238 e. The summed E-state index contributed by atoms with van der Waals surface area (Å²) in [5, 5.41) is -0.499. The van der Waals surface area contributed by atoms with Gasteiger partial charge in [-0.3, -0.25) is 9.00 Å². The van der Waals surface area contributed by atoms with Gasteiger partial charge in [-0.1, -0.05) is 0 Å². The first-order chi connectivity index (χ1) is 9.00. The highest BCUT2D eigenvalue weighted by Crippen LogP contribution is 2.20. The van der Waals surface area contributed by atoms with Crippen molar-refractivity contribution in [3.05, 3.63) is 23.8 Å². The van der Waals surface area contributed by atoms with Crippen LogP contribution in [0.25, 0.3) is 0 Å². The van der Waals surface area contributed by atoms with Crippen LogP contribution in [0.2, 0.25) is 0 Å². The molecular formula is C14H20N2O2S. The Hall–Kier alpha value is -1.36. The first-order valence-electron chi connectivity index (χ1n) is 6.56. The highest BCUT2D eigenvalue weighted by molar-refractivity contribution is 7.86. The van der Waals surface area contributed by atoms with Crippen LogP contribution in [0.3, 0.4) is 0 Å². The van der Waals surface area contributed by atoms with Crippen molar-refractivity contribution in [1.82, 2.24) is 4.90 Å². The third-order valence-corrected chi connectivity index (χ3v) is 5.12. The number of carbonyl (C=O) groups is 1. The lowest BCUT2D eigenvalue weighted by Gasteiger charge is -2.20. The molecule has 1 saturated heterocycles. The van der Waals surface area contributed by atoms with E-state index in [0.29, 0.717) is 10.6 Å². The number of likely N-dealkylation sites (tertiary alicyclic amines) is 1. The van der Waals surface area contributed by atoms with Gasteiger partial charge in [0.2, 0.25) is 5.91 Å². The van der Waals surface area contributed by atoms with Crippen molar-refractivity contribution in [2.75, 3.05) is 18.8 Å². The number of aryl methyl sites for hydroxylation is 1. The molecular weight excluding hydrogens is 260 g/mol. The van der Waals surface area contributed by atoms with Crippen LogP contribution >= 0.6 is 0 Å². The van der Waals surface area contributed by atoms with Gasteiger partial charge < -0.3 is 10.6 Å². The van der Waals surface area contributed by atoms with Crippen molar-refractivity contribution < 1.29 is 9.00 Å². The molecule has 1 heterocycles. The van der Waals surface area contributed by atoms with Crippen LogP contribution < -0.4 is 5.73 Å². The number of carbonyl (C=O) groups excluding carboxylic acids is 1. The van der Waals surface area contributed by atoms with Crippen molar-refractivity contribution in [2.45, 2.75) is 36.8 Å². The van der Waals surface area contributed by atoms with Crippen LogP contribution in [0.4, 0.5) is 5.69 Å². The summed E-state index contributed by atoms with van der Waals surface area (Å²) in [4.78, 5) is 14.7. The fraction of sp³-hybridized carbons (Fsp3) is 0.500. The van der Waals surface area contributed by atoms with E-state index >= 15 is 0 Å². The van der Waals surface area contributed by atoms with Gasteiger partial charge in [-0.15, -0.1) is 0 Å². The lowest BCUT2D eigenvalue weighted by Crippen LogP contribution is -2.37. The summed E-state index contributed by atoms with van der Waals surface area (Å²) < 4.78 is 12.4. The fourth-order valence-electron chi connectivity index (χ4n) is 2.26. The summed E-state index contributed by atoms with van der Waals surface area (Å²) in [5.74, 6) is -0.00897. The van der Waals surface area contributed by atoms with Crippen molar-refractivity contribution in [3.8, 4) is 0 Å². The summed E-state index contributed by atoms with van der Waals surface area (Å²) in [6.07, 6.45) is 2.10.